The first-order chi connectivity index (χ1) is 12.3. The summed E-state index contributed by atoms with van der Waals surface area (Å²) in [4.78, 5) is 4.67. The molecule has 1 fully saturated rings. The van der Waals surface area contributed by atoms with Crippen LogP contribution in [0.3, 0.4) is 0 Å². The van der Waals surface area contributed by atoms with E-state index >= 15 is 0 Å². The molecule has 1 aromatic carbocycles. The van der Waals surface area contributed by atoms with Gasteiger partial charge < -0.3 is 5.11 Å². The van der Waals surface area contributed by atoms with Gasteiger partial charge >= 0.3 is 0 Å². The molecule has 1 heterocycles. The normalized spacial score (nSPS) is 20.6. The second kappa shape index (κ2) is 9.15. The summed E-state index contributed by atoms with van der Waals surface area (Å²) in [6.45, 7) is 2.25. The Labute approximate surface area is 152 Å². The van der Waals surface area contributed by atoms with Gasteiger partial charge in [0, 0.05) is 11.8 Å². The summed E-state index contributed by atoms with van der Waals surface area (Å²) in [7, 11) is 0. The first kappa shape index (κ1) is 18.1. The lowest BCUT2D eigenvalue weighted by Crippen LogP contribution is -2.16. The molecule has 0 radical (unpaired) electrons. The van der Waals surface area contributed by atoms with Crippen molar-refractivity contribution >= 4 is 0 Å². The Bertz CT molecular complexity index is 624. The maximum absolute atomic E-state index is 9.66. The van der Waals surface area contributed by atoms with Gasteiger partial charge in [-0.2, -0.15) is 0 Å². The molecule has 0 atom stereocenters. The summed E-state index contributed by atoms with van der Waals surface area (Å²) < 4.78 is 0. The van der Waals surface area contributed by atoms with E-state index in [4.69, 9.17) is 0 Å². The van der Waals surface area contributed by atoms with Crippen molar-refractivity contribution in [2.45, 2.75) is 76.7 Å². The molecule has 0 amide bonds. The average molecular weight is 338 g/mol. The monoisotopic (exact) mass is 337 g/mol. The molecule has 1 aromatic heterocycles. The molecule has 134 valence electrons. The molecule has 0 bridgehead atoms. The van der Waals surface area contributed by atoms with Crippen LogP contribution in [0.2, 0.25) is 0 Å². The van der Waals surface area contributed by atoms with E-state index in [0.29, 0.717) is 5.92 Å². The number of aromatic nitrogens is 1. The predicted octanol–water partition coefficient (Wildman–Crippen LogP) is 5.89. The van der Waals surface area contributed by atoms with Crippen LogP contribution in [0.1, 0.15) is 75.3 Å². The van der Waals surface area contributed by atoms with Crippen LogP contribution in [-0.4, -0.2) is 16.2 Å². The topological polar surface area (TPSA) is 33.1 Å². The van der Waals surface area contributed by atoms with E-state index in [-0.39, 0.29) is 6.10 Å². The number of benzene rings is 1. The fourth-order valence-corrected chi connectivity index (χ4v) is 3.83. The first-order valence-electron chi connectivity index (χ1n) is 9.99. The molecule has 2 aromatic rings. The lowest BCUT2D eigenvalue weighted by atomic mass is 9.82. The summed E-state index contributed by atoms with van der Waals surface area (Å²) in [6.07, 6.45) is 12.4. The maximum Gasteiger partial charge on any atom is 0.0702 e. The van der Waals surface area contributed by atoms with Gasteiger partial charge in [0.1, 0.15) is 0 Å². The minimum absolute atomic E-state index is 0.0831. The van der Waals surface area contributed by atoms with E-state index in [1.165, 1.54) is 42.4 Å². The van der Waals surface area contributed by atoms with Crippen molar-refractivity contribution in [2.24, 2.45) is 0 Å². The average Bonchev–Trinajstić information content (AvgIpc) is 2.67. The van der Waals surface area contributed by atoms with Gasteiger partial charge in [-0.15, -0.1) is 0 Å². The molecule has 3 rings (SSSR count). The number of rotatable bonds is 7. The van der Waals surface area contributed by atoms with Gasteiger partial charge in [-0.25, -0.2) is 0 Å². The van der Waals surface area contributed by atoms with Crippen molar-refractivity contribution in [3.63, 3.8) is 0 Å². The minimum Gasteiger partial charge on any atom is -0.393 e. The maximum atomic E-state index is 9.66. The van der Waals surface area contributed by atoms with Crippen LogP contribution in [0.25, 0.3) is 11.3 Å². The van der Waals surface area contributed by atoms with E-state index in [1.54, 1.807) is 0 Å². The van der Waals surface area contributed by atoms with Crippen LogP contribution < -0.4 is 0 Å². The molecular weight excluding hydrogens is 306 g/mol. The lowest BCUT2D eigenvalue weighted by Gasteiger charge is -2.25. The molecule has 2 nitrogen and oxygen atoms in total. The summed E-state index contributed by atoms with van der Waals surface area (Å²) in [5, 5.41) is 9.66. The van der Waals surface area contributed by atoms with Crippen LogP contribution in [0.4, 0.5) is 0 Å². The molecular formula is C23H31NO. The van der Waals surface area contributed by atoms with Crippen molar-refractivity contribution in [1.82, 2.24) is 4.98 Å². The molecule has 25 heavy (non-hydrogen) atoms. The number of nitrogens with zero attached hydrogens (tertiary/aromatic N) is 1. The number of aliphatic hydroxyl groups excluding tert-OH is 1. The second-order valence-corrected chi connectivity index (χ2v) is 7.49. The number of aryl methyl sites for hydroxylation is 1. The molecule has 0 aliphatic heterocycles. The van der Waals surface area contributed by atoms with Crippen LogP contribution in [0.15, 0.2) is 42.6 Å². The van der Waals surface area contributed by atoms with Crippen molar-refractivity contribution < 1.29 is 5.11 Å². The standard InChI is InChI=1S/C23H31NO/c1-2-3-4-5-6-18-7-16-23(24-17-18)21-10-8-19(9-11-21)20-12-14-22(25)15-13-20/h7-11,16-17,20,22,25H,2-6,12-15H2,1H3. The Balaban J connectivity index is 1.58. The molecule has 0 spiro atoms. The summed E-state index contributed by atoms with van der Waals surface area (Å²) in [5.41, 5.74) is 5.00. The highest BCUT2D eigenvalue weighted by Gasteiger charge is 2.20. The fraction of sp³-hybridized carbons (Fsp3) is 0.522. The van der Waals surface area contributed by atoms with Crippen molar-refractivity contribution in [2.75, 3.05) is 0 Å². The quantitative estimate of drug-likeness (QED) is 0.639. The van der Waals surface area contributed by atoms with Crippen molar-refractivity contribution in [1.29, 1.82) is 0 Å². The largest absolute Gasteiger partial charge is 0.393 e. The smallest absolute Gasteiger partial charge is 0.0702 e. The zero-order chi connectivity index (χ0) is 17.5. The Morgan fingerprint density at radius 1 is 0.920 bits per heavy atom. The zero-order valence-electron chi connectivity index (χ0n) is 15.5. The Morgan fingerprint density at radius 2 is 1.68 bits per heavy atom. The van der Waals surface area contributed by atoms with E-state index in [0.717, 1.165) is 37.8 Å². The van der Waals surface area contributed by atoms with E-state index < -0.39 is 0 Å². The van der Waals surface area contributed by atoms with Crippen LogP contribution >= 0.6 is 0 Å². The lowest BCUT2D eigenvalue weighted by molar-refractivity contribution is 0.122. The third-order valence-electron chi connectivity index (χ3n) is 5.52. The highest BCUT2D eigenvalue weighted by molar-refractivity contribution is 5.59. The van der Waals surface area contributed by atoms with Crippen LogP contribution in [0, 0.1) is 0 Å². The zero-order valence-corrected chi connectivity index (χ0v) is 15.5. The number of unbranched alkanes of at least 4 members (excludes halogenated alkanes) is 3. The van der Waals surface area contributed by atoms with Gasteiger partial charge in [0.05, 0.1) is 11.8 Å². The van der Waals surface area contributed by atoms with Gasteiger partial charge in [-0.1, -0.05) is 56.5 Å². The van der Waals surface area contributed by atoms with Crippen LogP contribution in [-0.2, 0) is 6.42 Å². The number of hydrogen-bond donors (Lipinski definition) is 1. The van der Waals surface area contributed by atoms with Gasteiger partial charge in [-0.3, -0.25) is 4.98 Å². The molecule has 2 heteroatoms. The minimum atomic E-state index is -0.0831. The molecule has 1 N–H and O–H groups in total. The van der Waals surface area contributed by atoms with E-state index in [1.807, 2.05) is 6.20 Å². The molecule has 1 aliphatic carbocycles. The molecule has 1 aliphatic rings. The second-order valence-electron chi connectivity index (χ2n) is 7.49. The number of pyridine rings is 1. The first-order valence-corrected chi connectivity index (χ1v) is 9.99. The molecule has 0 unspecified atom stereocenters. The predicted molar refractivity (Wildman–Crippen MR) is 105 cm³/mol. The third-order valence-corrected chi connectivity index (χ3v) is 5.52. The summed E-state index contributed by atoms with van der Waals surface area (Å²) in [6, 6.07) is 13.3. The van der Waals surface area contributed by atoms with Crippen molar-refractivity contribution in [3.05, 3.63) is 53.7 Å². The van der Waals surface area contributed by atoms with Crippen LogP contribution in [0.5, 0.6) is 0 Å². The summed E-state index contributed by atoms with van der Waals surface area (Å²) >= 11 is 0. The fourth-order valence-electron chi connectivity index (χ4n) is 3.83. The number of hydrogen-bond acceptors (Lipinski definition) is 2. The third kappa shape index (κ3) is 5.15. The van der Waals surface area contributed by atoms with E-state index in [9.17, 15) is 5.11 Å². The SMILES string of the molecule is CCCCCCc1ccc(-c2ccc(C3CCC(O)CC3)cc2)nc1. The molecule has 1 saturated carbocycles. The van der Waals surface area contributed by atoms with Gasteiger partial charge in [0.25, 0.3) is 0 Å². The van der Waals surface area contributed by atoms with Gasteiger partial charge in [0.2, 0.25) is 0 Å². The Morgan fingerprint density at radius 3 is 2.32 bits per heavy atom. The Kier molecular flexibility index (Phi) is 6.63. The Hall–Kier alpha value is -1.67. The van der Waals surface area contributed by atoms with Gasteiger partial charge in [-0.05, 0) is 61.6 Å². The molecule has 0 saturated heterocycles. The van der Waals surface area contributed by atoms with E-state index in [2.05, 4.69) is 48.3 Å². The summed E-state index contributed by atoms with van der Waals surface area (Å²) in [5.74, 6) is 0.607. The van der Waals surface area contributed by atoms with Crippen molar-refractivity contribution in [3.8, 4) is 11.3 Å². The number of aliphatic hydroxyl groups is 1. The van der Waals surface area contributed by atoms with Gasteiger partial charge in [0.15, 0.2) is 0 Å². The highest BCUT2D eigenvalue weighted by Crippen LogP contribution is 2.33. The highest BCUT2D eigenvalue weighted by atomic mass is 16.3.